The number of aryl methyl sites for hydroxylation is 3. The van der Waals surface area contributed by atoms with Crippen molar-refractivity contribution in [1.82, 2.24) is 14.5 Å². The predicted molar refractivity (Wildman–Crippen MR) is 121 cm³/mol. The summed E-state index contributed by atoms with van der Waals surface area (Å²) in [7, 11) is 0. The van der Waals surface area contributed by atoms with Crippen molar-refractivity contribution >= 4 is 45.0 Å². The molecule has 0 aliphatic heterocycles. The average molecular weight is 427 g/mol. The Morgan fingerprint density at radius 1 is 1.17 bits per heavy atom. The number of hydrogen-bond acceptors (Lipinski definition) is 4. The lowest BCUT2D eigenvalue weighted by Gasteiger charge is -2.20. The topological polar surface area (TPSA) is 51.0 Å². The molecule has 7 heteroatoms. The van der Waals surface area contributed by atoms with Gasteiger partial charge in [0.15, 0.2) is 5.13 Å². The van der Waals surface area contributed by atoms with Crippen molar-refractivity contribution in [1.29, 1.82) is 0 Å². The van der Waals surface area contributed by atoms with Gasteiger partial charge in [0.05, 0.1) is 16.5 Å². The first-order chi connectivity index (χ1) is 13.6. The van der Waals surface area contributed by atoms with Crippen molar-refractivity contribution in [3.63, 3.8) is 0 Å². The van der Waals surface area contributed by atoms with Gasteiger partial charge in [-0.25, -0.2) is 9.97 Å². The smallest absolute Gasteiger partial charge is 0.260 e. The van der Waals surface area contributed by atoms with Gasteiger partial charge in [0.25, 0.3) is 5.91 Å². The van der Waals surface area contributed by atoms with Crippen molar-refractivity contribution in [2.24, 2.45) is 0 Å². The zero-order valence-electron chi connectivity index (χ0n) is 16.4. The van der Waals surface area contributed by atoms with Crippen molar-refractivity contribution in [3.8, 4) is 0 Å². The molecule has 0 saturated carbocycles. The van der Waals surface area contributed by atoms with E-state index in [0.717, 1.165) is 39.4 Å². The van der Waals surface area contributed by atoms with Gasteiger partial charge in [-0.2, -0.15) is 0 Å². The Bertz CT molecular complexity index is 1110. The van der Waals surface area contributed by atoms with E-state index in [2.05, 4.69) is 24.0 Å². The predicted octanol–water partition coefficient (Wildman–Crippen LogP) is 5.27. The van der Waals surface area contributed by atoms with Crippen LogP contribution >= 0.6 is 23.7 Å². The lowest BCUT2D eigenvalue weighted by molar-refractivity contribution is 0.0986. The molecule has 0 unspecified atom stereocenters. The standard InChI is InChI=1S/C22H22N4OS.ClH/c1-16-6-3-8-18(14-16)21(27)26(12-5-11-25-13-10-23-15-25)22-24-20-17(2)7-4-9-19(20)28-22;/h3-4,6-10,13-15H,5,11-12H2,1-2H3;1H. The highest BCUT2D eigenvalue weighted by molar-refractivity contribution is 7.22. The molecular formula is C22H23ClN4OS. The molecule has 5 nitrogen and oxygen atoms in total. The van der Waals surface area contributed by atoms with Crippen LogP contribution in [0.5, 0.6) is 0 Å². The van der Waals surface area contributed by atoms with E-state index in [1.165, 1.54) is 0 Å². The number of imidazole rings is 1. The summed E-state index contributed by atoms with van der Waals surface area (Å²) in [4.78, 5) is 24.0. The molecule has 0 atom stereocenters. The molecule has 0 saturated heterocycles. The Morgan fingerprint density at radius 3 is 2.72 bits per heavy atom. The maximum absolute atomic E-state index is 13.3. The van der Waals surface area contributed by atoms with Crippen LogP contribution in [0, 0.1) is 13.8 Å². The summed E-state index contributed by atoms with van der Waals surface area (Å²) >= 11 is 1.57. The number of carbonyl (C=O) groups is 1. The maximum Gasteiger partial charge on any atom is 0.260 e. The lowest BCUT2D eigenvalue weighted by atomic mass is 10.1. The number of anilines is 1. The fourth-order valence-corrected chi connectivity index (χ4v) is 4.31. The highest BCUT2D eigenvalue weighted by Gasteiger charge is 2.21. The minimum atomic E-state index is -0.00830. The fourth-order valence-electron chi connectivity index (χ4n) is 3.24. The highest BCUT2D eigenvalue weighted by Crippen LogP contribution is 2.31. The minimum Gasteiger partial charge on any atom is -0.337 e. The van der Waals surface area contributed by atoms with Crippen LogP contribution in [0.1, 0.15) is 27.9 Å². The second-order valence-electron chi connectivity index (χ2n) is 6.90. The molecule has 2 heterocycles. The largest absolute Gasteiger partial charge is 0.337 e. The van der Waals surface area contributed by atoms with Crippen LogP contribution in [0.4, 0.5) is 5.13 Å². The second-order valence-corrected chi connectivity index (χ2v) is 7.91. The third-order valence-corrected chi connectivity index (χ3v) is 5.75. The lowest BCUT2D eigenvalue weighted by Crippen LogP contribution is -2.32. The van der Waals surface area contributed by atoms with Crippen molar-refractivity contribution in [2.75, 3.05) is 11.4 Å². The van der Waals surface area contributed by atoms with Gasteiger partial charge in [0.2, 0.25) is 0 Å². The zero-order chi connectivity index (χ0) is 19.5. The van der Waals surface area contributed by atoms with Gasteiger partial charge < -0.3 is 4.57 Å². The van der Waals surface area contributed by atoms with Crippen LogP contribution in [0.3, 0.4) is 0 Å². The number of fused-ring (bicyclic) bond motifs is 1. The van der Waals surface area contributed by atoms with Crippen LogP contribution in [-0.4, -0.2) is 27.0 Å². The zero-order valence-corrected chi connectivity index (χ0v) is 18.0. The molecule has 150 valence electrons. The van der Waals surface area contributed by atoms with E-state index in [9.17, 15) is 4.79 Å². The Morgan fingerprint density at radius 2 is 2.00 bits per heavy atom. The molecule has 1 amide bonds. The summed E-state index contributed by atoms with van der Waals surface area (Å²) in [5.74, 6) is -0.00830. The molecule has 2 aromatic heterocycles. The van der Waals surface area contributed by atoms with Crippen molar-refractivity contribution in [2.45, 2.75) is 26.8 Å². The van der Waals surface area contributed by atoms with Crippen LogP contribution in [0.15, 0.2) is 61.2 Å². The summed E-state index contributed by atoms with van der Waals surface area (Å²) in [5, 5.41) is 0.751. The van der Waals surface area contributed by atoms with Crippen LogP contribution in [0.2, 0.25) is 0 Å². The first-order valence-electron chi connectivity index (χ1n) is 9.32. The third kappa shape index (κ3) is 4.66. The molecule has 0 fully saturated rings. The van der Waals surface area contributed by atoms with Gasteiger partial charge in [-0.3, -0.25) is 9.69 Å². The van der Waals surface area contributed by atoms with E-state index in [0.29, 0.717) is 12.1 Å². The van der Waals surface area contributed by atoms with E-state index in [-0.39, 0.29) is 18.3 Å². The summed E-state index contributed by atoms with van der Waals surface area (Å²) < 4.78 is 3.13. The molecular weight excluding hydrogens is 404 g/mol. The normalized spacial score (nSPS) is 10.7. The maximum atomic E-state index is 13.3. The number of thiazole rings is 1. The number of aromatic nitrogens is 3. The van der Waals surface area contributed by atoms with Gasteiger partial charge in [0.1, 0.15) is 0 Å². The molecule has 0 aliphatic carbocycles. The molecule has 0 aliphatic rings. The van der Waals surface area contributed by atoms with Crippen molar-refractivity contribution in [3.05, 3.63) is 77.9 Å². The molecule has 4 rings (SSSR count). The molecule has 0 spiro atoms. The Balaban J connectivity index is 0.00000240. The molecule has 2 aromatic carbocycles. The number of rotatable bonds is 6. The number of carbonyl (C=O) groups excluding carboxylic acids is 1. The Hall–Kier alpha value is -2.70. The van der Waals surface area contributed by atoms with E-state index in [4.69, 9.17) is 4.98 Å². The van der Waals surface area contributed by atoms with Gasteiger partial charge in [0, 0.05) is 31.0 Å². The van der Waals surface area contributed by atoms with Crippen LogP contribution in [0.25, 0.3) is 10.2 Å². The quantitative estimate of drug-likeness (QED) is 0.422. The van der Waals surface area contributed by atoms with E-state index in [1.54, 1.807) is 23.9 Å². The molecule has 0 N–H and O–H groups in total. The number of halogens is 1. The summed E-state index contributed by atoms with van der Waals surface area (Å²) in [6.07, 6.45) is 6.33. The van der Waals surface area contributed by atoms with Crippen LogP contribution in [-0.2, 0) is 6.54 Å². The molecule has 0 bridgehead atoms. The summed E-state index contributed by atoms with van der Waals surface area (Å²) in [5.41, 5.74) is 3.86. The highest BCUT2D eigenvalue weighted by atomic mass is 35.5. The number of hydrogen-bond donors (Lipinski definition) is 0. The molecule has 0 radical (unpaired) electrons. The number of para-hydroxylation sites is 1. The first kappa shape index (κ1) is 21.0. The second kappa shape index (κ2) is 9.20. The minimum absolute atomic E-state index is 0. The number of nitrogens with zero attached hydrogens (tertiary/aromatic N) is 4. The third-order valence-electron chi connectivity index (χ3n) is 4.71. The Labute approximate surface area is 180 Å². The van der Waals surface area contributed by atoms with Gasteiger partial charge in [-0.1, -0.05) is 41.2 Å². The summed E-state index contributed by atoms with van der Waals surface area (Å²) in [6.45, 7) is 5.46. The average Bonchev–Trinajstić information content (AvgIpc) is 3.35. The number of amides is 1. The van der Waals surface area contributed by atoms with Gasteiger partial charge >= 0.3 is 0 Å². The van der Waals surface area contributed by atoms with Crippen molar-refractivity contribution < 1.29 is 4.79 Å². The fraction of sp³-hybridized carbons (Fsp3) is 0.227. The van der Waals surface area contributed by atoms with Gasteiger partial charge in [-0.15, -0.1) is 12.4 Å². The van der Waals surface area contributed by atoms with E-state index >= 15 is 0 Å². The molecule has 29 heavy (non-hydrogen) atoms. The van der Waals surface area contributed by atoms with E-state index < -0.39 is 0 Å². The monoisotopic (exact) mass is 426 g/mol. The molecule has 4 aromatic rings. The first-order valence-corrected chi connectivity index (χ1v) is 10.1. The summed E-state index contributed by atoms with van der Waals surface area (Å²) in [6, 6.07) is 13.9. The van der Waals surface area contributed by atoms with Gasteiger partial charge in [-0.05, 0) is 44.0 Å². The Kier molecular flexibility index (Phi) is 6.67. The van der Waals surface area contributed by atoms with Crippen LogP contribution < -0.4 is 4.90 Å². The SMILES string of the molecule is Cc1cccc(C(=O)N(CCCn2ccnc2)c2nc3c(C)cccc3s2)c1.Cl. The van der Waals surface area contributed by atoms with E-state index in [1.807, 2.05) is 52.9 Å². The number of benzene rings is 2.